The van der Waals surface area contributed by atoms with Gasteiger partial charge in [0.2, 0.25) is 0 Å². The first-order chi connectivity index (χ1) is 7.81. The molecule has 0 radical (unpaired) electrons. The lowest BCUT2D eigenvalue weighted by Gasteiger charge is -2.08. The van der Waals surface area contributed by atoms with Crippen molar-refractivity contribution in [1.29, 1.82) is 0 Å². The molecule has 4 nitrogen and oxygen atoms in total. The molecule has 0 aliphatic heterocycles. The van der Waals surface area contributed by atoms with Crippen molar-refractivity contribution in [3.63, 3.8) is 0 Å². The Morgan fingerprint density at radius 2 is 2.19 bits per heavy atom. The summed E-state index contributed by atoms with van der Waals surface area (Å²) in [5, 5.41) is 11.7. The molecule has 0 aromatic heterocycles. The molecule has 1 aromatic rings. The predicted molar refractivity (Wildman–Crippen MR) is 61.3 cm³/mol. The normalized spacial score (nSPS) is 16.4. The lowest BCUT2D eigenvalue weighted by Crippen LogP contribution is -2.16. The molecule has 0 saturated heterocycles. The molecule has 1 aliphatic carbocycles. The van der Waals surface area contributed by atoms with Crippen LogP contribution in [-0.2, 0) is 11.3 Å². The van der Waals surface area contributed by atoms with E-state index >= 15 is 0 Å². The highest BCUT2D eigenvalue weighted by molar-refractivity contribution is 5.98. The Morgan fingerprint density at radius 3 is 2.88 bits per heavy atom. The molecule has 0 atom stereocenters. The van der Waals surface area contributed by atoms with Crippen molar-refractivity contribution in [2.45, 2.75) is 19.4 Å². The molecule has 0 heterocycles. The minimum atomic E-state index is 0.130. The number of rotatable bonds is 5. The molecular formula is C12H16N2O2. The highest BCUT2D eigenvalue weighted by Crippen LogP contribution is 2.29. The van der Waals surface area contributed by atoms with Gasteiger partial charge in [-0.05, 0) is 24.3 Å². The van der Waals surface area contributed by atoms with E-state index in [4.69, 9.17) is 15.7 Å². The molecule has 0 amide bonds. The zero-order valence-electron chi connectivity index (χ0n) is 9.10. The van der Waals surface area contributed by atoms with Crippen LogP contribution in [0.5, 0.6) is 0 Å². The fraction of sp³-hybridized carbons (Fsp3) is 0.417. The van der Waals surface area contributed by atoms with Crippen LogP contribution in [0.3, 0.4) is 0 Å². The van der Waals surface area contributed by atoms with Crippen molar-refractivity contribution >= 4 is 5.84 Å². The molecule has 0 unspecified atom stereocenters. The largest absolute Gasteiger partial charge is 0.409 e. The van der Waals surface area contributed by atoms with Crippen LogP contribution >= 0.6 is 0 Å². The summed E-state index contributed by atoms with van der Waals surface area (Å²) in [5.74, 6) is 0.877. The van der Waals surface area contributed by atoms with Gasteiger partial charge >= 0.3 is 0 Å². The molecular weight excluding hydrogens is 204 g/mol. The molecule has 3 N–H and O–H groups in total. The first-order valence-corrected chi connectivity index (χ1v) is 5.45. The molecule has 1 fully saturated rings. The summed E-state index contributed by atoms with van der Waals surface area (Å²) in [4.78, 5) is 0. The van der Waals surface area contributed by atoms with Gasteiger partial charge in [0, 0.05) is 12.2 Å². The van der Waals surface area contributed by atoms with Gasteiger partial charge in [0.05, 0.1) is 6.61 Å². The summed E-state index contributed by atoms with van der Waals surface area (Å²) in [6.07, 6.45) is 2.56. The third kappa shape index (κ3) is 2.73. The average molecular weight is 220 g/mol. The van der Waals surface area contributed by atoms with E-state index in [2.05, 4.69) is 5.16 Å². The molecule has 0 spiro atoms. The molecule has 1 aliphatic rings. The Balaban J connectivity index is 2.00. The van der Waals surface area contributed by atoms with Crippen LogP contribution in [0.4, 0.5) is 0 Å². The fourth-order valence-electron chi connectivity index (χ4n) is 1.57. The smallest absolute Gasteiger partial charge is 0.170 e. The summed E-state index contributed by atoms with van der Waals surface area (Å²) in [6, 6.07) is 7.53. The monoisotopic (exact) mass is 220 g/mol. The lowest BCUT2D eigenvalue weighted by atomic mass is 10.1. The van der Waals surface area contributed by atoms with Gasteiger partial charge in [0.25, 0.3) is 0 Å². The Kier molecular flexibility index (Phi) is 3.41. The highest BCUT2D eigenvalue weighted by atomic mass is 16.5. The number of oxime groups is 1. The van der Waals surface area contributed by atoms with Crippen LogP contribution < -0.4 is 5.73 Å². The van der Waals surface area contributed by atoms with Gasteiger partial charge in [-0.25, -0.2) is 0 Å². The molecule has 4 heteroatoms. The molecule has 1 saturated carbocycles. The number of hydrogen-bond donors (Lipinski definition) is 2. The van der Waals surface area contributed by atoms with Crippen LogP contribution in [0.25, 0.3) is 0 Å². The topological polar surface area (TPSA) is 67.8 Å². The van der Waals surface area contributed by atoms with Gasteiger partial charge in [-0.1, -0.05) is 29.4 Å². The van der Waals surface area contributed by atoms with Gasteiger partial charge < -0.3 is 15.7 Å². The summed E-state index contributed by atoms with van der Waals surface area (Å²) >= 11 is 0. The Morgan fingerprint density at radius 1 is 1.44 bits per heavy atom. The quantitative estimate of drug-likeness (QED) is 0.343. The molecule has 1 aromatic carbocycles. The summed E-state index contributed by atoms with van der Waals surface area (Å²) < 4.78 is 5.59. The molecule has 16 heavy (non-hydrogen) atoms. The minimum absolute atomic E-state index is 0.130. The average Bonchev–Trinajstić information content (AvgIpc) is 3.13. The number of nitrogens with zero attached hydrogens (tertiary/aromatic N) is 1. The van der Waals surface area contributed by atoms with Crippen molar-refractivity contribution in [1.82, 2.24) is 0 Å². The van der Waals surface area contributed by atoms with E-state index in [1.165, 1.54) is 12.8 Å². The molecule has 0 bridgehead atoms. The van der Waals surface area contributed by atoms with E-state index in [-0.39, 0.29) is 5.84 Å². The first-order valence-electron chi connectivity index (χ1n) is 5.45. The maximum absolute atomic E-state index is 8.66. The van der Waals surface area contributed by atoms with E-state index in [1.54, 1.807) is 0 Å². The second kappa shape index (κ2) is 4.99. The number of ether oxygens (including phenoxy) is 1. The van der Waals surface area contributed by atoms with Crippen LogP contribution in [0.15, 0.2) is 29.4 Å². The fourth-order valence-corrected chi connectivity index (χ4v) is 1.57. The molecule has 86 valence electrons. The Labute approximate surface area is 94.7 Å². The zero-order chi connectivity index (χ0) is 11.4. The van der Waals surface area contributed by atoms with Gasteiger partial charge in [-0.15, -0.1) is 0 Å². The Bertz CT molecular complexity index is 386. The maximum atomic E-state index is 8.66. The summed E-state index contributed by atoms with van der Waals surface area (Å²) in [7, 11) is 0. The first kappa shape index (κ1) is 11.0. The van der Waals surface area contributed by atoms with Gasteiger partial charge in [-0.2, -0.15) is 0 Å². The van der Waals surface area contributed by atoms with Crippen LogP contribution in [-0.4, -0.2) is 17.6 Å². The van der Waals surface area contributed by atoms with E-state index < -0.39 is 0 Å². The number of benzene rings is 1. The summed E-state index contributed by atoms with van der Waals surface area (Å²) in [6.45, 7) is 1.33. The highest BCUT2D eigenvalue weighted by Gasteiger charge is 2.21. The predicted octanol–water partition coefficient (Wildman–Crippen LogP) is 1.71. The number of nitrogens with two attached hydrogens (primary N) is 1. The lowest BCUT2D eigenvalue weighted by molar-refractivity contribution is 0.111. The van der Waals surface area contributed by atoms with Crippen molar-refractivity contribution in [2.75, 3.05) is 6.61 Å². The van der Waals surface area contributed by atoms with Gasteiger partial charge in [0.15, 0.2) is 5.84 Å². The zero-order valence-corrected chi connectivity index (χ0v) is 9.10. The third-order valence-corrected chi connectivity index (χ3v) is 2.71. The van der Waals surface area contributed by atoms with Gasteiger partial charge in [-0.3, -0.25) is 0 Å². The SMILES string of the molecule is N/C(=N\O)c1ccccc1COCC1CC1. The van der Waals surface area contributed by atoms with Crippen molar-refractivity contribution in [2.24, 2.45) is 16.8 Å². The second-order valence-corrected chi connectivity index (χ2v) is 4.10. The maximum Gasteiger partial charge on any atom is 0.170 e. The second-order valence-electron chi connectivity index (χ2n) is 4.10. The van der Waals surface area contributed by atoms with Crippen molar-refractivity contribution in [3.8, 4) is 0 Å². The van der Waals surface area contributed by atoms with Crippen molar-refractivity contribution < 1.29 is 9.94 Å². The minimum Gasteiger partial charge on any atom is -0.409 e. The number of hydrogen-bond acceptors (Lipinski definition) is 3. The van der Waals surface area contributed by atoms with E-state index in [1.807, 2.05) is 24.3 Å². The van der Waals surface area contributed by atoms with Crippen LogP contribution in [0.1, 0.15) is 24.0 Å². The number of amidine groups is 1. The van der Waals surface area contributed by atoms with Crippen molar-refractivity contribution in [3.05, 3.63) is 35.4 Å². The van der Waals surface area contributed by atoms with Crippen LogP contribution in [0.2, 0.25) is 0 Å². The van der Waals surface area contributed by atoms with E-state index in [9.17, 15) is 0 Å². The molecule has 2 rings (SSSR count). The summed E-state index contributed by atoms with van der Waals surface area (Å²) in [5.41, 5.74) is 7.28. The Hall–Kier alpha value is -1.55. The standard InChI is InChI=1S/C12H16N2O2/c13-12(14-15)11-4-2-1-3-10(11)8-16-7-9-5-6-9/h1-4,9,15H,5-8H2,(H2,13,14). The van der Waals surface area contributed by atoms with E-state index in [0.29, 0.717) is 6.61 Å². The van der Waals surface area contributed by atoms with Crippen LogP contribution in [0, 0.1) is 5.92 Å². The third-order valence-electron chi connectivity index (χ3n) is 2.71. The van der Waals surface area contributed by atoms with E-state index in [0.717, 1.165) is 23.7 Å². The van der Waals surface area contributed by atoms with Gasteiger partial charge in [0.1, 0.15) is 0 Å².